The summed E-state index contributed by atoms with van der Waals surface area (Å²) in [5.41, 5.74) is 3.60. The molecule has 0 fully saturated rings. The number of halogens is 1. The molecule has 2 atom stereocenters. The van der Waals surface area contributed by atoms with E-state index in [1.807, 2.05) is 13.8 Å². The zero-order chi connectivity index (χ0) is 25.1. The molecule has 2 amide bonds. The highest BCUT2D eigenvalue weighted by Crippen LogP contribution is 2.14. The van der Waals surface area contributed by atoms with Gasteiger partial charge < -0.3 is 14.8 Å². The lowest BCUT2D eigenvalue weighted by atomic mass is 10.0. The summed E-state index contributed by atoms with van der Waals surface area (Å²) in [6, 6.07) is 12.5. The Labute approximate surface area is 204 Å². The molecule has 0 spiro atoms. The highest BCUT2D eigenvalue weighted by atomic mass is 35.5. The monoisotopic (exact) mass is 487 g/mol. The summed E-state index contributed by atoms with van der Waals surface area (Å²) in [7, 11) is 0. The van der Waals surface area contributed by atoms with Gasteiger partial charge in [-0.25, -0.2) is 10.2 Å². The van der Waals surface area contributed by atoms with E-state index >= 15 is 0 Å². The number of ether oxygens (including phenoxy) is 2. The van der Waals surface area contributed by atoms with Crippen LogP contribution in [0.25, 0.3) is 0 Å². The first-order chi connectivity index (χ1) is 16.2. The Morgan fingerprint density at radius 1 is 1.03 bits per heavy atom. The maximum absolute atomic E-state index is 12.7. The molecule has 0 saturated carbocycles. The summed E-state index contributed by atoms with van der Waals surface area (Å²) in [5, 5.41) is 7.27. The summed E-state index contributed by atoms with van der Waals surface area (Å²) in [4.78, 5) is 36.8. The van der Waals surface area contributed by atoms with Crippen LogP contribution in [0.2, 0.25) is 5.02 Å². The molecule has 0 aromatic heterocycles. The van der Waals surface area contributed by atoms with E-state index in [1.54, 1.807) is 62.4 Å². The van der Waals surface area contributed by atoms with Gasteiger partial charge in [0.05, 0.1) is 12.8 Å². The first-order valence-corrected chi connectivity index (χ1v) is 11.4. The molecule has 2 N–H and O–H groups in total. The third-order valence-electron chi connectivity index (χ3n) is 4.64. The van der Waals surface area contributed by atoms with Gasteiger partial charge in [0.25, 0.3) is 11.8 Å². The van der Waals surface area contributed by atoms with Crippen LogP contribution in [-0.2, 0) is 14.3 Å². The molecule has 8 nitrogen and oxygen atoms in total. The number of hydrazone groups is 1. The van der Waals surface area contributed by atoms with Crippen molar-refractivity contribution < 1.29 is 23.9 Å². The number of amides is 2. The molecule has 0 heterocycles. The molecule has 182 valence electrons. The number of nitrogens with one attached hydrogen (secondary N) is 2. The van der Waals surface area contributed by atoms with Crippen LogP contribution in [0.5, 0.6) is 5.75 Å². The molecule has 0 aliphatic rings. The van der Waals surface area contributed by atoms with Crippen molar-refractivity contribution in [3.05, 3.63) is 64.7 Å². The van der Waals surface area contributed by atoms with Gasteiger partial charge in [-0.3, -0.25) is 9.59 Å². The zero-order valence-corrected chi connectivity index (χ0v) is 20.5. The van der Waals surface area contributed by atoms with Gasteiger partial charge >= 0.3 is 5.97 Å². The Balaban J connectivity index is 1.95. The molecule has 2 aromatic rings. The van der Waals surface area contributed by atoms with Gasteiger partial charge in [-0.1, -0.05) is 25.4 Å². The van der Waals surface area contributed by atoms with E-state index in [0.29, 0.717) is 28.3 Å². The van der Waals surface area contributed by atoms with E-state index in [1.165, 1.54) is 6.21 Å². The van der Waals surface area contributed by atoms with Gasteiger partial charge in [0, 0.05) is 10.6 Å². The lowest BCUT2D eigenvalue weighted by Crippen LogP contribution is -2.46. The SMILES string of the molecule is CCOC(=O)C(C)Oc1ccc(C=NNC(=O)C(CC(C)C)NC(=O)c2ccc(Cl)cc2)cc1. The Hall–Kier alpha value is -3.39. The predicted octanol–water partition coefficient (Wildman–Crippen LogP) is 3.97. The zero-order valence-electron chi connectivity index (χ0n) is 19.7. The smallest absolute Gasteiger partial charge is 0.347 e. The second kappa shape index (κ2) is 13.3. The number of carbonyl (C=O) groups is 3. The number of hydrogen-bond donors (Lipinski definition) is 2. The summed E-state index contributed by atoms with van der Waals surface area (Å²) in [6.45, 7) is 7.56. The molecule has 34 heavy (non-hydrogen) atoms. The lowest BCUT2D eigenvalue weighted by Gasteiger charge is -2.19. The van der Waals surface area contributed by atoms with E-state index in [2.05, 4.69) is 15.8 Å². The van der Waals surface area contributed by atoms with Gasteiger partial charge in [0.1, 0.15) is 11.8 Å². The molecule has 0 radical (unpaired) electrons. The van der Waals surface area contributed by atoms with E-state index < -0.39 is 24.0 Å². The van der Waals surface area contributed by atoms with Gasteiger partial charge in [-0.2, -0.15) is 5.10 Å². The van der Waals surface area contributed by atoms with Crippen LogP contribution in [0.4, 0.5) is 0 Å². The molecule has 0 saturated heterocycles. The third-order valence-corrected chi connectivity index (χ3v) is 4.89. The van der Waals surface area contributed by atoms with Crippen LogP contribution >= 0.6 is 11.6 Å². The van der Waals surface area contributed by atoms with Crippen molar-refractivity contribution in [3.8, 4) is 5.75 Å². The second-order valence-corrected chi connectivity index (χ2v) is 8.41. The van der Waals surface area contributed by atoms with Crippen molar-refractivity contribution in [2.45, 2.75) is 46.3 Å². The first kappa shape index (κ1) is 26.9. The number of nitrogens with zero attached hydrogens (tertiary/aromatic N) is 1. The van der Waals surface area contributed by atoms with Crippen molar-refractivity contribution in [3.63, 3.8) is 0 Å². The average molecular weight is 488 g/mol. The Morgan fingerprint density at radius 3 is 2.26 bits per heavy atom. The van der Waals surface area contributed by atoms with E-state index in [-0.39, 0.29) is 18.4 Å². The molecule has 0 bridgehead atoms. The fourth-order valence-electron chi connectivity index (χ4n) is 2.94. The lowest BCUT2D eigenvalue weighted by molar-refractivity contribution is -0.150. The number of benzene rings is 2. The van der Waals surface area contributed by atoms with Crippen LogP contribution in [0.3, 0.4) is 0 Å². The fourth-order valence-corrected chi connectivity index (χ4v) is 3.06. The summed E-state index contributed by atoms with van der Waals surface area (Å²) >= 11 is 5.87. The Bertz CT molecular complexity index is 991. The molecule has 2 rings (SSSR count). The van der Waals surface area contributed by atoms with E-state index in [9.17, 15) is 14.4 Å². The first-order valence-electron chi connectivity index (χ1n) is 11.0. The van der Waals surface area contributed by atoms with Crippen molar-refractivity contribution >= 4 is 35.6 Å². The van der Waals surface area contributed by atoms with Gasteiger partial charge in [0.15, 0.2) is 6.10 Å². The van der Waals surface area contributed by atoms with E-state index in [0.717, 1.165) is 0 Å². The molecule has 2 unspecified atom stereocenters. The van der Waals surface area contributed by atoms with Crippen LogP contribution in [-0.4, -0.2) is 42.8 Å². The third kappa shape index (κ3) is 8.86. The van der Waals surface area contributed by atoms with Crippen molar-refractivity contribution in [1.82, 2.24) is 10.7 Å². The predicted molar refractivity (Wildman–Crippen MR) is 131 cm³/mol. The van der Waals surface area contributed by atoms with Gasteiger partial charge in [-0.05, 0) is 80.3 Å². The highest BCUT2D eigenvalue weighted by Gasteiger charge is 2.22. The maximum Gasteiger partial charge on any atom is 0.347 e. The van der Waals surface area contributed by atoms with Crippen molar-refractivity contribution in [1.29, 1.82) is 0 Å². The number of hydrogen-bond acceptors (Lipinski definition) is 6. The van der Waals surface area contributed by atoms with Gasteiger partial charge in [0.2, 0.25) is 0 Å². The van der Waals surface area contributed by atoms with Crippen LogP contribution < -0.4 is 15.5 Å². The molecular weight excluding hydrogens is 458 g/mol. The molecule has 0 aliphatic carbocycles. The topological polar surface area (TPSA) is 106 Å². The number of carbonyl (C=O) groups excluding carboxylic acids is 3. The normalized spacial score (nSPS) is 12.8. The summed E-state index contributed by atoms with van der Waals surface area (Å²) < 4.78 is 10.5. The van der Waals surface area contributed by atoms with Crippen molar-refractivity contribution in [2.75, 3.05) is 6.61 Å². The molecular formula is C25H30ClN3O5. The van der Waals surface area contributed by atoms with Crippen molar-refractivity contribution in [2.24, 2.45) is 11.0 Å². The highest BCUT2D eigenvalue weighted by molar-refractivity contribution is 6.30. The largest absolute Gasteiger partial charge is 0.479 e. The average Bonchev–Trinajstić information content (AvgIpc) is 2.80. The minimum absolute atomic E-state index is 0.176. The van der Waals surface area contributed by atoms with Crippen LogP contribution in [0.1, 0.15) is 50.0 Å². The summed E-state index contributed by atoms with van der Waals surface area (Å²) in [6.07, 6.45) is 1.20. The van der Waals surface area contributed by atoms with E-state index in [4.69, 9.17) is 21.1 Å². The Morgan fingerprint density at radius 2 is 1.68 bits per heavy atom. The standard InChI is InChI=1S/C25H30ClN3O5/c1-5-33-25(32)17(4)34-21-12-6-18(7-13-21)15-27-29-24(31)22(14-16(2)3)28-23(30)19-8-10-20(26)11-9-19/h6-13,15-17,22H,5,14H2,1-4H3,(H,28,30)(H,29,31). The van der Waals surface area contributed by atoms with Gasteiger partial charge in [-0.15, -0.1) is 0 Å². The Kier molecular flexibility index (Phi) is 10.5. The van der Waals surface area contributed by atoms with Crippen LogP contribution in [0.15, 0.2) is 53.6 Å². The fraction of sp³-hybridized carbons (Fsp3) is 0.360. The maximum atomic E-state index is 12.7. The molecule has 0 aliphatic heterocycles. The quantitative estimate of drug-likeness (QED) is 0.283. The number of esters is 1. The number of rotatable bonds is 11. The second-order valence-electron chi connectivity index (χ2n) is 7.98. The van der Waals surface area contributed by atoms with Crippen LogP contribution in [0, 0.1) is 5.92 Å². The summed E-state index contributed by atoms with van der Waals surface area (Å²) in [5.74, 6) is -0.544. The molecule has 2 aromatic carbocycles. The minimum Gasteiger partial charge on any atom is -0.479 e. The minimum atomic E-state index is -0.750. The molecule has 9 heteroatoms.